The molecule has 0 fully saturated rings. The van der Waals surface area contributed by atoms with Crippen molar-refractivity contribution in [3.63, 3.8) is 0 Å². The van der Waals surface area contributed by atoms with Gasteiger partial charge in [0.1, 0.15) is 0 Å². The number of nitrogens with zero attached hydrogens (tertiary/aromatic N) is 2. The van der Waals surface area contributed by atoms with Crippen molar-refractivity contribution >= 4 is 31.8 Å². The second kappa shape index (κ2) is 10.6. The third-order valence-electron chi connectivity index (χ3n) is 6.81. The van der Waals surface area contributed by atoms with E-state index < -0.39 is 10.0 Å². The Labute approximate surface area is 224 Å². The highest BCUT2D eigenvalue weighted by molar-refractivity contribution is 7.92. The van der Waals surface area contributed by atoms with Crippen molar-refractivity contribution < 1.29 is 8.42 Å². The van der Waals surface area contributed by atoms with E-state index in [1.165, 1.54) is 0 Å². The lowest BCUT2D eigenvalue weighted by Crippen LogP contribution is -2.22. The van der Waals surface area contributed by atoms with Crippen molar-refractivity contribution in [2.75, 3.05) is 32.0 Å². The maximum atomic E-state index is 13.2. The summed E-state index contributed by atoms with van der Waals surface area (Å²) in [5.41, 5.74) is 7.24. The lowest BCUT2D eigenvalue weighted by atomic mass is 9.97. The normalized spacial score (nSPS) is 12.1. The van der Waals surface area contributed by atoms with Crippen LogP contribution < -0.4 is 10.1 Å². The van der Waals surface area contributed by atoms with Crippen molar-refractivity contribution in [1.29, 1.82) is 0 Å². The highest BCUT2D eigenvalue weighted by atomic mass is 32.2. The number of para-hydroxylation sites is 1. The third kappa shape index (κ3) is 5.48. The van der Waals surface area contributed by atoms with Crippen LogP contribution >= 0.6 is 0 Å². The molecule has 5 aromatic rings. The molecule has 3 aromatic carbocycles. The number of benzene rings is 3. The summed E-state index contributed by atoms with van der Waals surface area (Å²) in [7, 11) is 0.404. The van der Waals surface area contributed by atoms with Gasteiger partial charge in [-0.25, -0.2) is 4.83 Å². The SMILES string of the molecule is Cc1ccc(S(=O)(=O)Nn2cc(-c3cc4cc(C)[nH]c4cc3CNCCCN(C)C)c3ccccc32)cc1. The number of rotatable bonds is 10. The largest absolute Gasteiger partial charge is 0.359 e. The van der Waals surface area contributed by atoms with Crippen molar-refractivity contribution in [1.82, 2.24) is 19.9 Å². The number of aryl methyl sites for hydroxylation is 2. The number of hydrogen-bond acceptors (Lipinski definition) is 4. The molecule has 0 atom stereocenters. The van der Waals surface area contributed by atoms with E-state index in [-0.39, 0.29) is 4.90 Å². The molecule has 0 saturated carbocycles. The second-order valence-electron chi connectivity index (χ2n) is 10.2. The van der Waals surface area contributed by atoms with E-state index in [4.69, 9.17) is 0 Å². The zero-order valence-corrected chi connectivity index (χ0v) is 23.2. The van der Waals surface area contributed by atoms with Gasteiger partial charge in [0.25, 0.3) is 10.0 Å². The van der Waals surface area contributed by atoms with E-state index in [9.17, 15) is 8.42 Å². The summed E-state index contributed by atoms with van der Waals surface area (Å²) in [4.78, 5) is 8.66. The fraction of sp³-hybridized carbons (Fsp3) is 0.267. The monoisotopic (exact) mass is 529 g/mol. The van der Waals surface area contributed by atoms with Gasteiger partial charge in [-0.3, -0.25) is 4.68 Å². The Morgan fingerprint density at radius 1 is 0.947 bits per heavy atom. The lowest BCUT2D eigenvalue weighted by molar-refractivity contribution is 0.394. The minimum Gasteiger partial charge on any atom is -0.359 e. The van der Waals surface area contributed by atoms with E-state index in [2.05, 4.69) is 59.2 Å². The molecule has 8 heteroatoms. The van der Waals surface area contributed by atoms with Gasteiger partial charge >= 0.3 is 0 Å². The molecule has 3 N–H and O–H groups in total. The molecule has 0 unspecified atom stereocenters. The van der Waals surface area contributed by atoms with Gasteiger partial charge in [0, 0.05) is 40.3 Å². The van der Waals surface area contributed by atoms with Crippen LogP contribution in [0.3, 0.4) is 0 Å². The second-order valence-corrected chi connectivity index (χ2v) is 11.9. The fourth-order valence-corrected chi connectivity index (χ4v) is 5.89. The standard InChI is InChI=1S/C30H35N5O2S/c1-21-10-12-25(13-11-21)38(36,37)33-35-20-28(26-8-5-6-9-30(26)35)27-17-23-16-22(2)32-29(23)18-24(27)19-31-14-7-15-34(3)4/h5-6,8-13,16-18,20,31-33H,7,14-15,19H2,1-4H3. The molecule has 0 aliphatic carbocycles. The van der Waals surface area contributed by atoms with Crippen LogP contribution in [0.1, 0.15) is 23.2 Å². The first-order valence-electron chi connectivity index (χ1n) is 12.9. The van der Waals surface area contributed by atoms with Crippen LogP contribution in [0.2, 0.25) is 0 Å². The Kier molecular flexibility index (Phi) is 7.29. The van der Waals surface area contributed by atoms with Crippen LogP contribution in [0.25, 0.3) is 32.9 Å². The molecule has 5 rings (SSSR count). The van der Waals surface area contributed by atoms with Crippen molar-refractivity contribution in [3.05, 3.63) is 89.7 Å². The van der Waals surface area contributed by atoms with E-state index in [1.807, 2.05) is 37.4 Å². The number of sulfonamides is 1. The number of fused-ring (bicyclic) bond motifs is 2. The van der Waals surface area contributed by atoms with Gasteiger partial charge in [0.15, 0.2) is 0 Å². The molecule has 2 heterocycles. The summed E-state index contributed by atoms with van der Waals surface area (Å²) in [6.07, 6.45) is 2.96. The van der Waals surface area contributed by atoms with E-state index in [0.29, 0.717) is 6.54 Å². The number of nitrogens with one attached hydrogen (secondary N) is 3. The summed E-state index contributed by atoms with van der Waals surface area (Å²) in [5.74, 6) is 0. The van der Waals surface area contributed by atoms with Gasteiger partial charge in [0.2, 0.25) is 0 Å². The van der Waals surface area contributed by atoms with Crippen LogP contribution in [-0.4, -0.2) is 50.2 Å². The zero-order chi connectivity index (χ0) is 26.9. The highest BCUT2D eigenvalue weighted by Gasteiger charge is 2.19. The maximum Gasteiger partial charge on any atom is 0.275 e. The highest BCUT2D eigenvalue weighted by Crippen LogP contribution is 2.35. The maximum absolute atomic E-state index is 13.2. The fourth-order valence-electron chi connectivity index (χ4n) is 4.88. The Hall–Kier alpha value is -3.59. The Balaban J connectivity index is 1.55. The van der Waals surface area contributed by atoms with E-state index >= 15 is 0 Å². The van der Waals surface area contributed by atoms with Gasteiger partial charge in [-0.15, -0.1) is 0 Å². The first-order valence-corrected chi connectivity index (χ1v) is 14.4. The molecule has 0 radical (unpaired) electrons. The number of H-pyrrole nitrogens is 1. The Bertz CT molecular complexity index is 1680. The molecule has 0 aliphatic rings. The molecule has 0 spiro atoms. The molecule has 0 amide bonds. The van der Waals surface area contributed by atoms with Crippen LogP contribution in [0.4, 0.5) is 0 Å². The topological polar surface area (TPSA) is 82.2 Å². The van der Waals surface area contributed by atoms with Crippen molar-refractivity contribution in [3.8, 4) is 11.1 Å². The summed E-state index contributed by atoms with van der Waals surface area (Å²) in [6.45, 7) is 6.66. The molecule has 38 heavy (non-hydrogen) atoms. The Morgan fingerprint density at radius 3 is 2.47 bits per heavy atom. The van der Waals surface area contributed by atoms with Crippen molar-refractivity contribution in [2.45, 2.75) is 31.7 Å². The quantitative estimate of drug-likeness (QED) is 0.212. The molecule has 7 nitrogen and oxygen atoms in total. The number of aromatic amines is 1. The predicted molar refractivity (Wildman–Crippen MR) is 157 cm³/mol. The molecular formula is C30H35N5O2S. The van der Waals surface area contributed by atoms with Crippen LogP contribution in [0.5, 0.6) is 0 Å². The lowest BCUT2D eigenvalue weighted by Gasteiger charge is -2.13. The molecule has 2 aromatic heterocycles. The first-order chi connectivity index (χ1) is 18.2. The third-order valence-corrected chi connectivity index (χ3v) is 8.14. The molecule has 0 bridgehead atoms. The number of hydrogen-bond donors (Lipinski definition) is 3. The summed E-state index contributed by atoms with van der Waals surface area (Å²) >= 11 is 0. The van der Waals surface area contributed by atoms with Crippen molar-refractivity contribution in [2.24, 2.45) is 0 Å². The van der Waals surface area contributed by atoms with Gasteiger partial charge < -0.3 is 15.2 Å². The van der Waals surface area contributed by atoms with Crippen LogP contribution in [0.15, 0.2) is 77.8 Å². The summed E-state index contributed by atoms with van der Waals surface area (Å²) < 4.78 is 28.1. The summed E-state index contributed by atoms with van der Waals surface area (Å²) in [5, 5.41) is 5.72. The zero-order valence-electron chi connectivity index (χ0n) is 22.4. The Morgan fingerprint density at radius 2 is 1.71 bits per heavy atom. The predicted octanol–water partition coefficient (Wildman–Crippen LogP) is 5.38. The van der Waals surface area contributed by atoms with Gasteiger partial charge in [-0.1, -0.05) is 35.9 Å². The molecule has 198 valence electrons. The van der Waals surface area contributed by atoms with E-state index in [0.717, 1.165) is 69.3 Å². The average molecular weight is 530 g/mol. The molecular weight excluding hydrogens is 494 g/mol. The minimum absolute atomic E-state index is 0.231. The summed E-state index contributed by atoms with van der Waals surface area (Å²) in [6, 6.07) is 21.3. The van der Waals surface area contributed by atoms with Crippen LogP contribution in [0, 0.1) is 13.8 Å². The smallest absolute Gasteiger partial charge is 0.275 e. The van der Waals surface area contributed by atoms with Gasteiger partial charge in [-0.2, -0.15) is 8.42 Å². The minimum atomic E-state index is -3.77. The number of aromatic nitrogens is 2. The molecule has 0 saturated heterocycles. The van der Waals surface area contributed by atoms with E-state index in [1.54, 1.807) is 28.9 Å². The van der Waals surface area contributed by atoms with Gasteiger partial charge in [-0.05, 0) is 95.0 Å². The first kappa shape index (κ1) is 26.0. The molecule has 0 aliphatic heterocycles. The average Bonchev–Trinajstić information content (AvgIpc) is 3.42. The van der Waals surface area contributed by atoms with Crippen LogP contribution in [-0.2, 0) is 16.6 Å². The van der Waals surface area contributed by atoms with Gasteiger partial charge in [0.05, 0.1) is 10.4 Å².